The van der Waals surface area contributed by atoms with Crippen molar-refractivity contribution < 1.29 is 0 Å². The lowest BCUT2D eigenvalue weighted by Crippen LogP contribution is -2.38. The van der Waals surface area contributed by atoms with Crippen LogP contribution in [0, 0.1) is 29.1 Å². The second kappa shape index (κ2) is 10.1. The van der Waals surface area contributed by atoms with Crippen LogP contribution in [0.5, 0.6) is 0 Å². The molecule has 0 N–H and O–H groups in total. The van der Waals surface area contributed by atoms with E-state index in [-0.39, 0.29) is 16.2 Å². The fourth-order valence-corrected chi connectivity index (χ4v) is 9.28. The van der Waals surface area contributed by atoms with Crippen LogP contribution in [0.3, 0.4) is 0 Å². The summed E-state index contributed by atoms with van der Waals surface area (Å²) >= 11 is 0. The van der Waals surface area contributed by atoms with Crippen molar-refractivity contribution in [2.45, 2.75) is 143 Å². The van der Waals surface area contributed by atoms with E-state index in [1.807, 2.05) is 13.8 Å². The Labute approximate surface area is 241 Å². The van der Waals surface area contributed by atoms with Crippen LogP contribution in [0.1, 0.15) is 149 Å². The predicted molar refractivity (Wildman–Crippen MR) is 171 cm³/mol. The second-order valence-corrected chi connectivity index (χ2v) is 15.7. The molecule has 4 aliphatic rings. The minimum Gasteiger partial charge on any atom is -0.0683 e. The summed E-state index contributed by atoms with van der Waals surface area (Å²) in [5, 5.41) is 0. The highest BCUT2D eigenvalue weighted by molar-refractivity contribution is 5.82. The molecule has 5 atom stereocenters. The molecular formula is C39H58. The molecule has 0 amide bonds. The summed E-state index contributed by atoms with van der Waals surface area (Å²) in [6.07, 6.45) is 12.8. The van der Waals surface area contributed by atoms with Crippen LogP contribution in [0.2, 0.25) is 0 Å². The van der Waals surface area contributed by atoms with Crippen molar-refractivity contribution in [1.29, 1.82) is 0 Å². The van der Waals surface area contributed by atoms with Gasteiger partial charge < -0.3 is 0 Å². The first-order valence-electron chi connectivity index (χ1n) is 16.8. The molecule has 39 heavy (non-hydrogen) atoms. The summed E-state index contributed by atoms with van der Waals surface area (Å²) in [6, 6.07) is 15.3. The van der Waals surface area contributed by atoms with Gasteiger partial charge >= 0.3 is 0 Å². The SMILES string of the molecule is CC.CCCCC(CC)CC1(C2CC3CCC34CC24)c2cc(C(C)(C)C)ccc2-c2ccc(C(C)(C)C)cc21. The zero-order valence-corrected chi connectivity index (χ0v) is 27.1. The Bertz CT molecular complexity index is 1120. The van der Waals surface area contributed by atoms with Gasteiger partial charge in [-0.3, -0.25) is 0 Å². The van der Waals surface area contributed by atoms with E-state index in [0.29, 0.717) is 0 Å². The fraction of sp³-hybridized carbons (Fsp3) is 0.692. The van der Waals surface area contributed by atoms with Gasteiger partial charge in [0.25, 0.3) is 0 Å². The van der Waals surface area contributed by atoms with Gasteiger partial charge in [-0.2, -0.15) is 0 Å². The van der Waals surface area contributed by atoms with Gasteiger partial charge in [-0.25, -0.2) is 0 Å². The Morgan fingerprint density at radius 1 is 0.821 bits per heavy atom. The summed E-state index contributed by atoms with van der Waals surface area (Å²) < 4.78 is 0. The van der Waals surface area contributed by atoms with Gasteiger partial charge in [-0.15, -0.1) is 0 Å². The minimum absolute atomic E-state index is 0.175. The van der Waals surface area contributed by atoms with Crippen LogP contribution in [0.25, 0.3) is 11.1 Å². The third-order valence-electron chi connectivity index (χ3n) is 11.8. The number of fused-ring (bicyclic) bond motifs is 3. The third kappa shape index (κ3) is 4.46. The van der Waals surface area contributed by atoms with Gasteiger partial charge in [0, 0.05) is 5.41 Å². The molecule has 0 radical (unpaired) electrons. The summed E-state index contributed by atoms with van der Waals surface area (Å²) in [6.45, 7) is 23.2. The first-order chi connectivity index (χ1) is 18.5. The van der Waals surface area contributed by atoms with E-state index in [9.17, 15) is 0 Å². The predicted octanol–water partition coefficient (Wildman–Crippen LogP) is 11.6. The number of hydrogen-bond acceptors (Lipinski definition) is 0. The van der Waals surface area contributed by atoms with E-state index < -0.39 is 0 Å². The smallest absolute Gasteiger partial charge is 0.0249 e. The normalized spacial score (nSPS) is 28.3. The molecule has 4 aliphatic carbocycles. The molecule has 0 aromatic heterocycles. The van der Waals surface area contributed by atoms with Crippen LogP contribution in [-0.2, 0) is 16.2 Å². The highest BCUT2D eigenvalue weighted by Crippen LogP contribution is 2.81. The van der Waals surface area contributed by atoms with Crippen LogP contribution in [-0.4, -0.2) is 0 Å². The van der Waals surface area contributed by atoms with Crippen LogP contribution < -0.4 is 0 Å². The van der Waals surface area contributed by atoms with Crippen molar-refractivity contribution in [2.24, 2.45) is 29.1 Å². The number of rotatable bonds is 7. The lowest BCUT2D eigenvalue weighted by Gasteiger charge is -2.43. The van der Waals surface area contributed by atoms with Gasteiger partial charge in [0.1, 0.15) is 0 Å². The lowest BCUT2D eigenvalue weighted by molar-refractivity contribution is 0.158. The molecule has 0 bridgehead atoms. The Balaban J connectivity index is 0.00000151. The number of unbranched alkanes of at least 4 members (excludes halogenated alkanes) is 1. The summed E-state index contributed by atoms with van der Waals surface area (Å²) in [5.41, 5.74) is 10.9. The standard InChI is InChI=1S/C37H52.C2H6/c1-9-11-12-24(10-2)22-37(32-21-27-17-18-36(27)23-33(32)36)30-19-25(34(3,4)5)13-15-28(30)29-16-14-26(20-31(29)37)35(6,7)8;1-2/h13-16,19-20,24,27,32-33H,9-12,17-18,21-23H2,1-8H3;1-2H3. The fourth-order valence-electron chi connectivity index (χ4n) is 9.28. The van der Waals surface area contributed by atoms with Crippen molar-refractivity contribution >= 4 is 0 Å². The number of hydrogen-bond donors (Lipinski definition) is 0. The van der Waals surface area contributed by atoms with Crippen molar-refractivity contribution in [3.63, 3.8) is 0 Å². The molecule has 2 aromatic carbocycles. The van der Waals surface area contributed by atoms with Crippen molar-refractivity contribution in [3.8, 4) is 11.1 Å². The Morgan fingerprint density at radius 2 is 1.38 bits per heavy atom. The Morgan fingerprint density at radius 3 is 1.74 bits per heavy atom. The minimum atomic E-state index is 0.175. The summed E-state index contributed by atoms with van der Waals surface area (Å²) in [4.78, 5) is 0. The van der Waals surface area contributed by atoms with Gasteiger partial charge in [0.2, 0.25) is 0 Å². The maximum Gasteiger partial charge on any atom is 0.0249 e. The van der Waals surface area contributed by atoms with E-state index in [2.05, 4.69) is 91.8 Å². The molecule has 0 heteroatoms. The van der Waals surface area contributed by atoms with E-state index >= 15 is 0 Å². The highest BCUT2D eigenvalue weighted by atomic mass is 14.8. The molecule has 0 nitrogen and oxygen atoms in total. The average molecular weight is 527 g/mol. The Kier molecular flexibility index (Phi) is 7.47. The second-order valence-electron chi connectivity index (χ2n) is 15.7. The maximum absolute atomic E-state index is 2.70. The molecule has 3 fully saturated rings. The molecule has 2 aromatic rings. The first-order valence-corrected chi connectivity index (χ1v) is 16.8. The molecule has 6 rings (SSSR count). The largest absolute Gasteiger partial charge is 0.0683 e. The van der Waals surface area contributed by atoms with Crippen LogP contribution >= 0.6 is 0 Å². The van der Waals surface area contributed by atoms with E-state index in [1.54, 1.807) is 22.3 Å². The van der Waals surface area contributed by atoms with Gasteiger partial charge in [0.05, 0.1) is 0 Å². The van der Waals surface area contributed by atoms with Gasteiger partial charge in [-0.05, 0) is 105 Å². The quantitative estimate of drug-likeness (QED) is 0.336. The lowest BCUT2D eigenvalue weighted by atomic mass is 9.60. The zero-order chi connectivity index (χ0) is 28.4. The maximum atomic E-state index is 2.70. The van der Waals surface area contributed by atoms with Crippen LogP contribution in [0.15, 0.2) is 36.4 Å². The average Bonchev–Trinajstić information content (AvgIpc) is 3.56. The van der Waals surface area contributed by atoms with Crippen molar-refractivity contribution in [1.82, 2.24) is 0 Å². The van der Waals surface area contributed by atoms with E-state index in [0.717, 1.165) is 29.1 Å². The van der Waals surface area contributed by atoms with Crippen molar-refractivity contribution in [3.05, 3.63) is 58.7 Å². The van der Waals surface area contributed by atoms with E-state index in [4.69, 9.17) is 0 Å². The van der Waals surface area contributed by atoms with E-state index in [1.165, 1.54) is 68.9 Å². The van der Waals surface area contributed by atoms with Crippen LogP contribution in [0.4, 0.5) is 0 Å². The third-order valence-corrected chi connectivity index (χ3v) is 11.8. The highest BCUT2D eigenvalue weighted by Gasteiger charge is 2.74. The molecule has 3 saturated carbocycles. The molecule has 0 heterocycles. The monoisotopic (exact) mass is 526 g/mol. The molecule has 214 valence electrons. The topological polar surface area (TPSA) is 0 Å². The van der Waals surface area contributed by atoms with Gasteiger partial charge in [-0.1, -0.05) is 131 Å². The molecule has 0 saturated heterocycles. The van der Waals surface area contributed by atoms with Gasteiger partial charge in [0.15, 0.2) is 0 Å². The summed E-state index contributed by atoms with van der Waals surface area (Å²) in [7, 11) is 0. The number of benzene rings is 2. The molecular weight excluding hydrogens is 468 g/mol. The van der Waals surface area contributed by atoms with Crippen molar-refractivity contribution in [2.75, 3.05) is 0 Å². The molecule has 1 spiro atoms. The molecule has 0 aliphatic heterocycles. The Hall–Kier alpha value is -1.56. The first kappa shape index (κ1) is 29.0. The zero-order valence-electron chi connectivity index (χ0n) is 27.1. The molecule has 5 unspecified atom stereocenters. The summed E-state index contributed by atoms with van der Waals surface area (Å²) in [5.74, 6) is 3.61.